The number of hydrogen-bond acceptors (Lipinski definition) is 5. The number of amides is 2. The Bertz CT molecular complexity index is 905. The molecule has 0 spiro atoms. The lowest BCUT2D eigenvalue weighted by Gasteiger charge is -2.18. The molecular weight excluding hydrogens is 418 g/mol. The topological polar surface area (TPSA) is 106 Å². The van der Waals surface area contributed by atoms with E-state index in [1.54, 1.807) is 19.1 Å². The summed E-state index contributed by atoms with van der Waals surface area (Å²) in [6, 6.07) is 14.8. The third kappa shape index (κ3) is 6.80. The van der Waals surface area contributed by atoms with Crippen LogP contribution in [0.5, 0.6) is 0 Å². The van der Waals surface area contributed by atoms with Crippen LogP contribution in [0, 0.1) is 0 Å². The molecule has 7 nitrogen and oxygen atoms in total. The van der Waals surface area contributed by atoms with E-state index >= 15 is 0 Å². The van der Waals surface area contributed by atoms with Gasteiger partial charge in [0.25, 0.3) is 0 Å². The van der Waals surface area contributed by atoms with Crippen molar-refractivity contribution < 1.29 is 19.1 Å². The number of esters is 1. The molecule has 31 heavy (non-hydrogen) atoms. The zero-order valence-corrected chi connectivity index (χ0v) is 18.0. The largest absolute Gasteiger partial charge is 0.465 e. The molecule has 3 rings (SSSR count). The molecule has 0 radical (unpaired) electrons. The van der Waals surface area contributed by atoms with Crippen molar-refractivity contribution in [2.45, 2.75) is 37.9 Å². The summed E-state index contributed by atoms with van der Waals surface area (Å²) in [6.07, 6.45) is 0.986. The van der Waals surface area contributed by atoms with Crippen LogP contribution in [-0.2, 0) is 32.0 Å². The van der Waals surface area contributed by atoms with Crippen LogP contribution in [0.2, 0.25) is 5.02 Å². The maximum absolute atomic E-state index is 12.8. The predicted molar refractivity (Wildman–Crippen MR) is 118 cm³/mol. The van der Waals surface area contributed by atoms with Crippen molar-refractivity contribution in [3.8, 4) is 0 Å². The van der Waals surface area contributed by atoms with E-state index in [1.165, 1.54) is 0 Å². The van der Waals surface area contributed by atoms with E-state index in [-0.39, 0.29) is 12.5 Å². The Hall–Kier alpha value is -2.90. The van der Waals surface area contributed by atoms with Gasteiger partial charge in [-0.25, -0.2) is 0 Å². The second-order valence-corrected chi connectivity index (χ2v) is 7.73. The van der Waals surface area contributed by atoms with Gasteiger partial charge in [0, 0.05) is 18.0 Å². The molecule has 0 saturated carbocycles. The molecule has 164 valence electrons. The van der Waals surface area contributed by atoms with Crippen molar-refractivity contribution in [1.29, 1.82) is 0 Å². The van der Waals surface area contributed by atoms with Gasteiger partial charge in [0.1, 0.15) is 18.1 Å². The van der Waals surface area contributed by atoms with Crippen molar-refractivity contribution in [2.24, 2.45) is 0 Å². The number of carbonyl (C=O) groups is 3. The number of rotatable bonds is 10. The summed E-state index contributed by atoms with van der Waals surface area (Å²) in [4.78, 5) is 37.2. The van der Waals surface area contributed by atoms with Gasteiger partial charge < -0.3 is 15.4 Å². The summed E-state index contributed by atoms with van der Waals surface area (Å²) in [5, 5.41) is 9.12. The van der Waals surface area contributed by atoms with E-state index in [2.05, 4.69) is 16.0 Å². The van der Waals surface area contributed by atoms with Gasteiger partial charge in [-0.2, -0.15) is 0 Å². The highest BCUT2D eigenvalue weighted by atomic mass is 35.5. The third-order valence-corrected chi connectivity index (χ3v) is 5.20. The fourth-order valence-electron chi connectivity index (χ4n) is 3.23. The van der Waals surface area contributed by atoms with Gasteiger partial charge in [0.2, 0.25) is 11.8 Å². The fraction of sp³-hybridized carbons (Fsp3) is 0.348. The SMILES string of the molecule is CCOC(=O)[C@H]1N[C@@H]1C(=O)N[C@@H](Cc1ccccc1)C(=O)NCCc1ccc(Cl)cc1. The van der Waals surface area contributed by atoms with Gasteiger partial charge in [0.05, 0.1) is 6.61 Å². The molecule has 1 aliphatic rings. The van der Waals surface area contributed by atoms with Gasteiger partial charge >= 0.3 is 5.97 Å². The Morgan fingerprint density at radius 2 is 1.74 bits per heavy atom. The highest BCUT2D eigenvalue weighted by molar-refractivity contribution is 6.30. The Kier molecular flexibility index (Phi) is 8.03. The van der Waals surface area contributed by atoms with E-state index in [0.29, 0.717) is 24.4 Å². The molecule has 0 unspecified atom stereocenters. The summed E-state index contributed by atoms with van der Waals surface area (Å²) in [5.41, 5.74) is 1.97. The van der Waals surface area contributed by atoms with Crippen molar-refractivity contribution in [3.63, 3.8) is 0 Å². The molecule has 2 amide bonds. The average molecular weight is 444 g/mol. The molecule has 1 aliphatic heterocycles. The summed E-state index contributed by atoms with van der Waals surface area (Å²) < 4.78 is 4.93. The minimum atomic E-state index is -0.759. The van der Waals surface area contributed by atoms with E-state index in [1.807, 2.05) is 42.5 Å². The minimum Gasteiger partial charge on any atom is -0.465 e. The molecule has 3 N–H and O–H groups in total. The van der Waals surface area contributed by atoms with Gasteiger partial charge in [-0.05, 0) is 36.6 Å². The molecule has 1 saturated heterocycles. The second-order valence-electron chi connectivity index (χ2n) is 7.29. The summed E-state index contributed by atoms with van der Waals surface area (Å²) in [6.45, 7) is 2.38. The molecule has 0 bridgehead atoms. The summed E-state index contributed by atoms with van der Waals surface area (Å²) >= 11 is 5.90. The van der Waals surface area contributed by atoms with Gasteiger partial charge in [0.15, 0.2) is 0 Å². The highest BCUT2D eigenvalue weighted by Gasteiger charge is 2.49. The Morgan fingerprint density at radius 1 is 1.03 bits per heavy atom. The minimum absolute atomic E-state index is 0.248. The maximum atomic E-state index is 12.8. The molecule has 1 fully saturated rings. The van der Waals surface area contributed by atoms with Crippen LogP contribution in [0.15, 0.2) is 54.6 Å². The van der Waals surface area contributed by atoms with E-state index in [9.17, 15) is 14.4 Å². The Labute approximate surface area is 186 Å². The Morgan fingerprint density at radius 3 is 2.42 bits per heavy atom. The third-order valence-electron chi connectivity index (χ3n) is 4.95. The summed E-state index contributed by atoms with van der Waals surface area (Å²) in [5.74, 6) is -1.14. The van der Waals surface area contributed by atoms with E-state index in [0.717, 1.165) is 11.1 Å². The first-order valence-corrected chi connectivity index (χ1v) is 10.6. The first-order chi connectivity index (χ1) is 15.0. The van der Waals surface area contributed by atoms with Crippen LogP contribution in [0.25, 0.3) is 0 Å². The first kappa shape index (κ1) is 22.8. The smallest absolute Gasteiger partial charge is 0.325 e. The van der Waals surface area contributed by atoms with Crippen LogP contribution in [0.4, 0.5) is 0 Å². The molecule has 3 atom stereocenters. The number of benzene rings is 2. The van der Waals surface area contributed by atoms with Crippen LogP contribution in [0.3, 0.4) is 0 Å². The highest BCUT2D eigenvalue weighted by Crippen LogP contribution is 2.14. The van der Waals surface area contributed by atoms with Crippen LogP contribution in [0.1, 0.15) is 18.1 Å². The van der Waals surface area contributed by atoms with E-state index < -0.39 is 30.0 Å². The molecule has 0 aromatic heterocycles. The average Bonchev–Trinajstić information content (AvgIpc) is 3.57. The lowest BCUT2D eigenvalue weighted by molar-refractivity contribution is -0.143. The van der Waals surface area contributed by atoms with Crippen LogP contribution < -0.4 is 16.0 Å². The zero-order chi connectivity index (χ0) is 22.2. The van der Waals surface area contributed by atoms with Crippen molar-refractivity contribution >= 4 is 29.4 Å². The van der Waals surface area contributed by atoms with Crippen molar-refractivity contribution in [2.75, 3.05) is 13.2 Å². The van der Waals surface area contributed by atoms with Crippen molar-refractivity contribution in [1.82, 2.24) is 16.0 Å². The van der Waals surface area contributed by atoms with Crippen LogP contribution in [-0.4, -0.2) is 49.1 Å². The molecule has 2 aromatic rings. The predicted octanol–water partition coefficient (Wildman–Crippen LogP) is 1.63. The molecule has 2 aromatic carbocycles. The summed E-state index contributed by atoms with van der Waals surface area (Å²) in [7, 11) is 0. The van der Waals surface area contributed by atoms with Gasteiger partial charge in [-0.15, -0.1) is 0 Å². The number of halogens is 1. The molecule has 1 heterocycles. The lowest BCUT2D eigenvalue weighted by atomic mass is 10.0. The van der Waals surface area contributed by atoms with Crippen molar-refractivity contribution in [3.05, 3.63) is 70.7 Å². The quantitative estimate of drug-likeness (QED) is 0.382. The number of hydrogen-bond donors (Lipinski definition) is 3. The van der Waals surface area contributed by atoms with Gasteiger partial charge in [-0.3, -0.25) is 19.7 Å². The number of nitrogens with one attached hydrogen (secondary N) is 3. The lowest BCUT2D eigenvalue weighted by Crippen LogP contribution is -2.50. The zero-order valence-electron chi connectivity index (χ0n) is 17.3. The van der Waals surface area contributed by atoms with Gasteiger partial charge in [-0.1, -0.05) is 54.1 Å². The number of carbonyl (C=O) groups excluding carboxylic acids is 3. The van der Waals surface area contributed by atoms with E-state index in [4.69, 9.17) is 16.3 Å². The molecular formula is C23H26ClN3O4. The first-order valence-electron chi connectivity index (χ1n) is 10.3. The number of ether oxygens (including phenoxy) is 1. The molecule has 0 aliphatic carbocycles. The molecule has 8 heteroatoms. The fourth-order valence-corrected chi connectivity index (χ4v) is 3.35. The Balaban J connectivity index is 1.57. The maximum Gasteiger partial charge on any atom is 0.325 e. The normalized spacial score (nSPS) is 18.0. The standard InChI is InChI=1S/C23H26ClN3O4/c1-2-31-23(30)20-19(27-20)22(29)26-18(14-16-6-4-3-5-7-16)21(28)25-13-12-15-8-10-17(24)11-9-15/h3-11,18-20,27H,2,12-14H2,1H3,(H,25,28)(H,26,29)/t18-,19-,20-/m0/s1. The van der Waals surface area contributed by atoms with Crippen LogP contribution >= 0.6 is 11.6 Å². The second kappa shape index (κ2) is 10.9. The monoisotopic (exact) mass is 443 g/mol.